The molecule has 0 radical (unpaired) electrons. The summed E-state index contributed by atoms with van der Waals surface area (Å²) < 4.78 is 0. The molecular weight excluding hydrogens is 271 g/mol. The third kappa shape index (κ3) is 2.86. The number of hydrogen-bond donors (Lipinski definition) is 2. The summed E-state index contributed by atoms with van der Waals surface area (Å²) in [5.41, 5.74) is 2.29. The molecule has 1 amide bonds. The van der Waals surface area contributed by atoms with Crippen LogP contribution in [0.2, 0.25) is 10.2 Å². The zero-order valence-corrected chi connectivity index (χ0v) is 11.3. The lowest BCUT2D eigenvalue weighted by atomic mass is 10.1. The van der Waals surface area contributed by atoms with Gasteiger partial charge in [0.05, 0.1) is 5.02 Å². The highest BCUT2D eigenvalue weighted by Gasteiger charge is 2.11. The van der Waals surface area contributed by atoms with E-state index in [2.05, 4.69) is 17.2 Å². The molecule has 0 atom stereocenters. The standard InChI is InChI=1S/C13H12Cl2N2O/c1-2-8-3-5-9(6-4-8)16-13(18)11-7-10(14)12(15)17-11/h3-7,17H,2H2,1H3,(H,16,18). The highest BCUT2D eigenvalue weighted by Crippen LogP contribution is 2.22. The molecule has 18 heavy (non-hydrogen) atoms. The Kier molecular flexibility index (Phi) is 3.94. The van der Waals surface area contributed by atoms with Crippen LogP contribution in [0.25, 0.3) is 0 Å². The summed E-state index contributed by atoms with van der Waals surface area (Å²) in [6.45, 7) is 2.08. The highest BCUT2D eigenvalue weighted by molar-refractivity contribution is 6.41. The van der Waals surface area contributed by atoms with Crippen LogP contribution >= 0.6 is 23.2 Å². The van der Waals surface area contributed by atoms with Gasteiger partial charge in [-0.15, -0.1) is 0 Å². The van der Waals surface area contributed by atoms with Gasteiger partial charge in [-0.2, -0.15) is 0 Å². The average Bonchev–Trinajstić information content (AvgIpc) is 2.71. The average molecular weight is 283 g/mol. The van der Waals surface area contributed by atoms with E-state index in [0.29, 0.717) is 10.7 Å². The maximum Gasteiger partial charge on any atom is 0.272 e. The van der Waals surface area contributed by atoms with Crippen molar-refractivity contribution in [3.8, 4) is 0 Å². The number of amides is 1. The molecule has 5 heteroatoms. The number of aryl methyl sites for hydroxylation is 1. The number of benzene rings is 1. The van der Waals surface area contributed by atoms with Gasteiger partial charge in [-0.05, 0) is 30.2 Å². The molecule has 0 unspecified atom stereocenters. The molecule has 0 saturated carbocycles. The monoisotopic (exact) mass is 282 g/mol. The quantitative estimate of drug-likeness (QED) is 0.873. The second-order valence-electron chi connectivity index (χ2n) is 3.85. The Bertz CT molecular complexity index is 541. The molecule has 0 saturated heterocycles. The Balaban J connectivity index is 2.10. The van der Waals surface area contributed by atoms with Crippen molar-refractivity contribution in [3.05, 3.63) is 51.8 Å². The van der Waals surface area contributed by atoms with Crippen LogP contribution in [0.1, 0.15) is 23.0 Å². The Morgan fingerprint density at radius 3 is 2.44 bits per heavy atom. The summed E-state index contributed by atoms with van der Waals surface area (Å²) in [4.78, 5) is 14.6. The Morgan fingerprint density at radius 2 is 1.94 bits per heavy atom. The first kappa shape index (κ1) is 13.0. The van der Waals surface area contributed by atoms with Crippen LogP contribution in [0.4, 0.5) is 5.69 Å². The van der Waals surface area contributed by atoms with Crippen molar-refractivity contribution in [1.82, 2.24) is 4.98 Å². The molecule has 0 spiro atoms. The molecule has 1 heterocycles. The third-order valence-electron chi connectivity index (χ3n) is 2.59. The molecule has 3 nitrogen and oxygen atoms in total. The van der Waals surface area contributed by atoms with Crippen LogP contribution in [0.15, 0.2) is 30.3 Å². The molecule has 94 valence electrons. The number of halogens is 2. The molecule has 0 aliphatic heterocycles. The summed E-state index contributed by atoms with van der Waals surface area (Å²) in [5.74, 6) is -0.270. The van der Waals surface area contributed by atoms with E-state index in [1.165, 1.54) is 11.6 Å². The van der Waals surface area contributed by atoms with E-state index in [4.69, 9.17) is 23.2 Å². The predicted octanol–water partition coefficient (Wildman–Crippen LogP) is 4.14. The zero-order valence-electron chi connectivity index (χ0n) is 9.76. The SMILES string of the molecule is CCc1ccc(NC(=O)c2cc(Cl)c(Cl)[nH]2)cc1. The minimum atomic E-state index is -0.270. The van der Waals surface area contributed by atoms with Crippen molar-refractivity contribution in [2.45, 2.75) is 13.3 Å². The Morgan fingerprint density at radius 1 is 1.28 bits per heavy atom. The van der Waals surface area contributed by atoms with Crippen LogP contribution in [-0.2, 0) is 6.42 Å². The van der Waals surface area contributed by atoms with Crippen LogP contribution in [-0.4, -0.2) is 10.9 Å². The number of carbonyl (C=O) groups excluding carboxylic acids is 1. The minimum absolute atomic E-state index is 0.267. The van der Waals surface area contributed by atoms with Gasteiger partial charge < -0.3 is 10.3 Å². The van der Waals surface area contributed by atoms with Gasteiger partial charge in [0, 0.05) is 5.69 Å². The van der Waals surface area contributed by atoms with Gasteiger partial charge in [0.2, 0.25) is 0 Å². The van der Waals surface area contributed by atoms with Gasteiger partial charge in [0.1, 0.15) is 10.8 Å². The van der Waals surface area contributed by atoms with E-state index < -0.39 is 0 Å². The fourth-order valence-corrected chi connectivity index (χ4v) is 1.86. The topological polar surface area (TPSA) is 44.9 Å². The number of H-pyrrole nitrogens is 1. The van der Waals surface area contributed by atoms with Gasteiger partial charge in [0.25, 0.3) is 5.91 Å². The second-order valence-corrected chi connectivity index (χ2v) is 4.63. The Hall–Kier alpha value is -1.45. The molecule has 0 bridgehead atoms. The molecule has 2 N–H and O–H groups in total. The van der Waals surface area contributed by atoms with E-state index in [1.807, 2.05) is 24.3 Å². The van der Waals surface area contributed by atoms with Crippen molar-refractivity contribution >= 4 is 34.8 Å². The molecule has 1 aromatic carbocycles. The molecule has 2 aromatic rings. The highest BCUT2D eigenvalue weighted by atomic mass is 35.5. The van der Waals surface area contributed by atoms with Crippen LogP contribution in [0, 0.1) is 0 Å². The van der Waals surface area contributed by atoms with Gasteiger partial charge in [-0.1, -0.05) is 42.3 Å². The first-order valence-corrected chi connectivity index (χ1v) is 6.30. The number of carbonyl (C=O) groups is 1. The summed E-state index contributed by atoms with van der Waals surface area (Å²) in [6.07, 6.45) is 0.968. The number of nitrogens with one attached hydrogen (secondary N) is 2. The van der Waals surface area contributed by atoms with Crippen molar-refractivity contribution in [2.24, 2.45) is 0 Å². The lowest BCUT2D eigenvalue weighted by Gasteiger charge is -2.04. The van der Waals surface area contributed by atoms with Crippen LogP contribution in [0.5, 0.6) is 0 Å². The molecule has 0 aliphatic rings. The van der Waals surface area contributed by atoms with Crippen molar-refractivity contribution in [1.29, 1.82) is 0 Å². The van der Waals surface area contributed by atoms with E-state index in [0.717, 1.165) is 12.1 Å². The van der Waals surface area contributed by atoms with E-state index in [-0.39, 0.29) is 11.1 Å². The largest absolute Gasteiger partial charge is 0.340 e. The van der Waals surface area contributed by atoms with Gasteiger partial charge in [-0.3, -0.25) is 4.79 Å². The number of aromatic nitrogens is 1. The van der Waals surface area contributed by atoms with Crippen LogP contribution < -0.4 is 5.32 Å². The maximum atomic E-state index is 11.9. The molecule has 0 fully saturated rings. The lowest BCUT2D eigenvalue weighted by molar-refractivity contribution is 0.102. The van der Waals surface area contributed by atoms with Crippen molar-refractivity contribution in [3.63, 3.8) is 0 Å². The number of rotatable bonds is 3. The lowest BCUT2D eigenvalue weighted by Crippen LogP contribution is -2.12. The molecule has 1 aromatic heterocycles. The van der Waals surface area contributed by atoms with Crippen molar-refractivity contribution in [2.75, 3.05) is 5.32 Å². The number of hydrogen-bond acceptors (Lipinski definition) is 1. The van der Waals surface area contributed by atoms with E-state index >= 15 is 0 Å². The number of aromatic amines is 1. The van der Waals surface area contributed by atoms with E-state index in [9.17, 15) is 4.79 Å². The van der Waals surface area contributed by atoms with Crippen molar-refractivity contribution < 1.29 is 4.79 Å². The van der Waals surface area contributed by atoms with Gasteiger partial charge in [-0.25, -0.2) is 0 Å². The number of anilines is 1. The second kappa shape index (κ2) is 5.46. The van der Waals surface area contributed by atoms with Gasteiger partial charge >= 0.3 is 0 Å². The third-order valence-corrected chi connectivity index (χ3v) is 3.28. The normalized spacial score (nSPS) is 10.4. The summed E-state index contributed by atoms with van der Waals surface area (Å²) >= 11 is 11.5. The van der Waals surface area contributed by atoms with Gasteiger partial charge in [0.15, 0.2) is 0 Å². The van der Waals surface area contributed by atoms with E-state index in [1.54, 1.807) is 0 Å². The zero-order chi connectivity index (χ0) is 13.1. The molecule has 2 rings (SSSR count). The maximum absolute atomic E-state index is 11.9. The smallest absolute Gasteiger partial charge is 0.272 e. The Labute approximate surface area is 115 Å². The summed E-state index contributed by atoms with van der Waals surface area (Å²) in [5, 5.41) is 3.37. The minimum Gasteiger partial charge on any atom is -0.340 e. The summed E-state index contributed by atoms with van der Waals surface area (Å²) in [6, 6.07) is 9.18. The fourth-order valence-electron chi connectivity index (χ4n) is 1.55. The molecule has 0 aliphatic carbocycles. The predicted molar refractivity (Wildman–Crippen MR) is 74.6 cm³/mol. The first-order valence-electron chi connectivity index (χ1n) is 5.54. The fraction of sp³-hybridized carbons (Fsp3) is 0.154. The molecular formula is C13H12Cl2N2O. The van der Waals surface area contributed by atoms with Crippen LogP contribution in [0.3, 0.4) is 0 Å². The summed E-state index contributed by atoms with van der Waals surface area (Å²) in [7, 11) is 0. The first-order chi connectivity index (χ1) is 8.60.